The second-order valence-electron chi connectivity index (χ2n) is 3.49. The summed E-state index contributed by atoms with van der Waals surface area (Å²) >= 11 is 5.80. The summed E-state index contributed by atoms with van der Waals surface area (Å²) in [5, 5.41) is 0. The Balaban J connectivity index is 2.42. The molecule has 1 aromatic heterocycles. The maximum Gasteiger partial charge on any atom is 0.126 e. The number of rotatable bonds is 7. The molecular weight excluding hydrogens is 224 g/mol. The molecule has 1 rings (SSSR count). The Labute approximate surface area is 102 Å². The summed E-state index contributed by atoms with van der Waals surface area (Å²) in [6, 6.07) is 1.86. The van der Waals surface area contributed by atoms with Crippen molar-refractivity contribution in [2.45, 2.75) is 19.7 Å². The Bertz CT molecular complexity index is 303. The standard InChI is InChI=1S/C12H19ClN2O/c1-3-15(4-2)7-8-16-12-5-6-14-10-11(12)9-13/h5-6,10H,3-4,7-9H2,1-2H3. The van der Waals surface area contributed by atoms with E-state index in [-0.39, 0.29) is 0 Å². The van der Waals surface area contributed by atoms with Crippen LogP contribution in [-0.4, -0.2) is 36.1 Å². The Kier molecular flexibility index (Phi) is 6.19. The van der Waals surface area contributed by atoms with Gasteiger partial charge in [0.1, 0.15) is 12.4 Å². The van der Waals surface area contributed by atoms with Crippen LogP contribution in [0.1, 0.15) is 19.4 Å². The summed E-state index contributed by atoms with van der Waals surface area (Å²) in [5.41, 5.74) is 0.948. The molecule has 0 aliphatic rings. The van der Waals surface area contributed by atoms with Gasteiger partial charge in [-0.1, -0.05) is 13.8 Å². The summed E-state index contributed by atoms with van der Waals surface area (Å²) in [6.45, 7) is 8.05. The van der Waals surface area contributed by atoms with Gasteiger partial charge in [-0.2, -0.15) is 0 Å². The molecule has 0 saturated carbocycles. The van der Waals surface area contributed by atoms with E-state index in [9.17, 15) is 0 Å². The van der Waals surface area contributed by atoms with E-state index in [1.807, 2.05) is 6.07 Å². The first kappa shape index (κ1) is 13.3. The molecule has 0 aliphatic heterocycles. The smallest absolute Gasteiger partial charge is 0.126 e. The minimum absolute atomic E-state index is 0.439. The monoisotopic (exact) mass is 242 g/mol. The van der Waals surface area contributed by atoms with E-state index in [0.717, 1.165) is 30.9 Å². The molecule has 0 unspecified atom stereocenters. The molecule has 0 atom stereocenters. The number of ether oxygens (including phenoxy) is 1. The summed E-state index contributed by atoms with van der Waals surface area (Å²) in [7, 11) is 0. The first-order valence-electron chi connectivity index (χ1n) is 5.65. The predicted molar refractivity (Wildman–Crippen MR) is 67.1 cm³/mol. The van der Waals surface area contributed by atoms with Crippen molar-refractivity contribution in [1.82, 2.24) is 9.88 Å². The Morgan fingerprint density at radius 2 is 2.12 bits per heavy atom. The number of hydrogen-bond acceptors (Lipinski definition) is 3. The number of aromatic nitrogens is 1. The molecule has 0 amide bonds. The molecule has 0 aromatic carbocycles. The highest BCUT2D eigenvalue weighted by Crippen LogP contribution is 2.18. The number of halogens is 1. The molecule has 1 heterocycles. The summed E-state index contributed by atoms with van der Waals surface area (Å²) in [6.07, 6.45) is 3.47. The highest BCUT2D eigenvalue weighted by molar-refractivity contribution is 6.17. The zero-order valence-corrected chi connectivity index (χ0v) is 10.7. The minimum Gasteiger partial charge on any atom is -0.492 e. The van der Waals surface area contributed by atoms with Crippen LogP contribution in [0.2, 0.25) is 0 Å². The van der Waals surface area contributed by atoms with Gasteiger partial charge in [0.05, 0.1) is 5.88 Å². The van der Waals surface area contributed by atoms with Crippen LogP contribution in [0.4, 0.5) is 0 Å². The van der Waals surface area contributed by atoms with Gasteiger partial charge in [0, 0.05) is 24.5 Å². The third-order valence-corrected chi connectivity index (χ3v) is 2.85. The van der Waals surface area contributed by atoms with Gasteiger partial charge in [-0.3, -0.25) is 4.98 Å². The van der Waals surface area contributed by atoms with Gasteiger partial charge in [-0.05, 0) is 19.2 Å². The molecule has 4 heteroatoms. The van der Waals surface area contributed by atoms with Crippen LogP contribution in [0.15, 0.2) is 18.5 Å². The highest BCUT2D eigenvalue weighted by atomic mass is 35.5. The molecule has 0 radical (unpaired) electrons. The first-order chi connectivity index (χ1) is 7.81. The lowest BCUT2D eigenvalue weighted by atomic mass is 10.3. The maximum atomic E-state index is 5.80. The molecular formula is C12H19ClN2O. The van der Waals surface area contributed by atoms with Gasteiger partial charge in [0.25, 0.3) is 0 Å². The second kappa shape index (κ2) is 7.47. The molecule has 0 spiro atoms. The average Bonchev–Trinajstić information content (AvgIpc) is 2.35. The lowest BCUT2D eigenvalue weighted by Gasteiger charge is -2.18. The topological polar surface area (TPSA) is 25.4 Å². The van der Waals surface area contributed by atoms with Gasteiger partial charge in [0.2, 0.25) is 0 Å². The van der Waals surface area contributed by atoms with E-state index in [0.29, 0.717) is 12.5 Å². The minimum atomic E-state index is 0.439. The van der Waals surface area contributed by atoms with Crippen molar-refractivity contribution in [3.05, 3.63) is 24.0 Å². The van der Waals surface area contributed by atoms with E-state index < -0.39 is 0 Å². The Morgan fingerprint density at radius 3 is 2.75 bits per heavy atom. The van der Waals surface area contributed by atoms with Crippen molar-refractivity contribution in [3.8, 4) is 5.75 Å². The zero-order chi connectivity index (χ0) is 11.8. The number of alkyl halides is 1. The van der Waals surface area contributed by atoms with Crippen LogP contribution < -0.4 is 4.74 Å². The SMILES string of the molecule is CCN(CC)CCOc1ccncc1CCl. The first-order valence-corrected chi connectivity index (χ1v) is 6.19. The fourth-order valence-corrected chi connectivity index (χ4v) is 1.68. The fourth-order valence-electron chi connectivity index (χ4n) is 1.48. The quantitative estimate of drug-likeness (QED) is 0.687. The average molecular weight is 243 g/mol. The Morgan fingerprint density at radius 1 is 1.38 bits per heavy atom. The molecule has 1 aromatic rings. The molecule has 0 fully saturated rings. The lowest BCUT2D eigenvalue weighted by molar-refractivity contribution is 0.222. The predicted octanol–water partition coefficient (Wildman–Crippen LogP) is 2.54. The number of likely N-dealkylation sites (N-methyl/N-ethyl adjacent to an activating group) is 1. The van der Waals surface area contributed by atoms with Crippen LogP contribution in [0.3, 0.4) is 0 Å². The van der Waals surface area contributed by atoms with Crippen molar-refractivity contribution < 1.29 is 4.74 Å². The molecule has 0 aliphatic carbocycles. The fraction of sp³-hybridized carbons (Fsp3) is 0.583. The van der Waals surface area contributed by atoms with Gasteiger partial charge < -0.3 is 9.64 Å². The van der Waals surface area contributed by atoms with Gasteiger partial charge >= 0.3 is 0 Å². The van der Waals surface area contributed by atoms with Crippen LogP contribution in [-0.2, 0) is 5.88 Å². The summed E-state index contributed by atoms with van der Waals surface area (Å²) in [5.74, 6) is 1.28. The summed E-state index contributed by atoms with van der Waals surface area (Å²) in [4.78, 5) is 6.34. The van der Waals surface area contributed by atoms with Crippen molar-refractivity contribution in [2.75, 3.05) is 26.2 Å². The molecule has 90 valence electrons. The highest BCUT2D eigenvalue weighted by Gasteiger charge is 2.03. The van der Waals surface area contributed by atoms with Crippen molar-refractivity contribution in [2.24, 2.45) is 0 Å². The molecule has 0 bridgehead atoms. The van der Waals surface area contributed by atoms with Gasteiger partial charge in [-0.15, -0.1) is 11.6 Å². The van der Waals surface area contributed by atoms with Crippen LogP contribution in [0.25, 0.3) is 0 Å². The molecule has 0 N–H and O–H groups in total. The van der Waals surface area contributed by atoms with Crippen molar-refractivity contribution in [1.29, 1.82) is 0 Å². The Hall–Kier alpha value is -0.800. The van der Waals surface area contributed by atoms with Crippen LogP contribution >= 0.6 is 11.6 Å². The number of hydrogen-bond donors (Lipinski definition) is 0. The van der Waals surface area contributed by atoms with Gasteiger partial charge in [-0.25, -0.2) is 0 Å². The lowest BCUT2D eigenvalue weighted by Crippen LogP contribution is -2.28. The molecule has 3 nitrogen and oxygen atoms in total. The van der Waals surface area contributed by atoms with E-state index in [4.69, 9.17) is 16.3 Å². The normalized spacial score (nSPS) is 10.8. The van der Waals surface area contributed by atoms with E-state index in [1.165, 1.54) is 0 Å². The molecule has 16 heavy (non-hydrogen) atoms. The van der Waals surface area contributed by atoms with Crippen molar-refractivity contribution in [3.63, 3.8) is 0 Å². The number of pyridine rings is 1. The number of nitrogens with zero attached hydrogens (tertiary/aromatic N) is 2. The van der Waals surface area contributed by atoms with Crippen LogP contribution in [0.5, 0.6) is 5.75 Å². The maximum absolute atomic E-state index is 5.80. The van der Waals surface area contributed by atoms with E-state index in [2.05, 4.69) is 23.7 Å². The second-order valence-corrected chi connectivity index (χ2v) is 3.76. The third-order valence-electron chi connectivity index (χ3n) is 2.56. The largest absolute Gasteiger partial charge is 0.492 e. The van der Waals surface area contributed by atoms with Crippen molar-refractivity contribution >= 4 is 11.6 Å². The van der Waals surface area contributed by atoms with Gasteiger partial charge in [0.15, 0.2) is 0 Å². The zero-order valence-electron chi connectivity index (χ0n) is 9.95. The van der Waals surface area contributed by atoms with E-state index in [1.54, 1.807) is 12.4 Å². The summed E-state index contributed by atoms with van der Waals surface area (Å²) < 4.78 is 5.70. The third kappa shape index (κ3) is 3.99. The molecule has 0 saturated heterocycles. The van der Waals surface area contributed by atoms with E-state index >= 15 is 0 Å². The van der Waals surface area contributed by atoms with Crippen LogP contribution in [0, 0.1) is 0 Å².